The highest BCUT2D eigenvalue weighted by atomic mass is 19.4. The summed E-state index contributed by atoms with van der Waals surface area (Å²) in [5.74, 6) is 1.02. The quantitative estimate of drug-likeness (QED) is 0.479. The Morgan fingerprint density at radius 1 is 1.26 bits per heavy atom. The number of aryl methyl sites for hydroxylation is 1. The van der Waals surface area contributed by atoms with E-state index in [2.05, 4.69) is 30.2 Å². The Morgan fingerprint density at radius 3 is 2.59 bits per heavy atom. The number of rotatable bonds is 4. The zero-order valence-electron chi connectivity index (χ0n) is 18.0. The highest BCUT2D eigenvalue weighted by Gasteiger charge is 2.39. The number of pyridine rings is 1. The Bertz CT molecular complexity index is 1480. The first kappa shape index (κ1) is 21.7. The predicted molar refractivity (Wildman–Crippen MR) is 110 cm³/mol. The van der Waals surface area contributed by atoms with Gasteiger partial charge in [0.1, 0.15) is 23.0 Å². The minimum Gasteiger partial charge on any atom is -0.425 e. The van der Waals surface area contributed by atoms with Gasteiger partial charge in [-0.3, -0.25) is 9.78 Å². The fraction of sp³-hybridized carbons (Fsp3) is 0.381. The second-order valence-corrected chi connectivity index (χ2v) is 8.15. The monoisotopic (exact) mass is 470 g/mol. The smallest absolute Gasteiger partial charge is 0.425 e. The zero-order valence-corrected chi connectivity index (χ0v) is 18.0. The molecule has 3 atom stereocenters. The maximum atomic E-state index is 12.9. The number of aromatic nitrogens is 7. The van der Waals surface area contributed by atoms with E-state index in [9.17, 15) is 23.2 Å². The topological polar surface area (TPSA) is 139 Å². The zero-order chi connectivity index (χ0) is 24.2. The first-order valence-corrected chi connectivity index (χ1v) is 10.4. The van der Waals surface area contributed by atoms with Gasteiger partial charge in [0.25, 0.3) is 5.56 Å². The highest BCUT2D eigenvalue weighted by Crippen LogP contribution is 2.47. The molecule has 3 unspecified atom stereocenters. The van der Waals surface area contributed by atoms with E-state index >= 15 is 0 Å². The summed E-state index contributed by atoms with van der Waals surface area (Å²) in [6.07, 6.45) is -1.95. The molecular weight excluding hydrogens is 453 g/mol. The van der Waals surface area contributed by atoms with Crippen molar-refractivity contribution in [3.05, 3.63) is 63.2 Å². The summed E-state index contributed by atoms with van der Waals surface area (Å²) in [5, 5.41) is 21.7. The van der Waals surface area contributed by atoms with Gasteiger partial charge in [-0.05, 0) is 31.4 Å². The molecule has 1 aliphatic rings. The second kappa shape index (κ2) is 7.75. The Hall–Kier alpha value is -4.08. The van der Waals surface area contributed by atoms with E-state index in [1.165, 1.54) is 10.7 Å². The molecule has 0 amide bonds. The van der Waals surface area contributed by atoms with Gasteiger partial charge in [-0.25, -0.2) is 9.67 Å². The largest absolute Gasteiger partial charge is 0.433 e. The first-order valence-electron chi connectivity index (χ1n) is 10.4. The van der Waals surface area contributed by atoms with Crippen molar-refractivity contribution >= 4 is 11.0 Å². The number of nitrogens with zero attached hydrogens (tertiary/aromatic N) is 7. The number of hydrogen-bond donors (Lipinski definition) is 1. The van der Waals surface area contributed by atoms with E-state index in [1.807, 2.05) is 6.07 Å². The van der Waals surface area contributed by atoms with Crippen LogP contribution >= 0.6 is 0 Å². The maximum Gasteiger partial charge on any atom is 0.433 e. The highest BCUT2D eigenvalue weighted by molar-refractivity contribution is 5.80. The van der Waals surface area contributed by atoms with Crippen LogP contribution in [0.25, 0.3) is 11.0 Å². The van der Waals surface area contributed by atoms with Gasteiger partial charge in [-0.1, -0.05) is 6.07 Å². The van der Waals surface area contributed by atoms with Crippen molar-refractivity contribution in [3.63, 3.8) is 0 Å². The van der Waals surface area contributed by atoms with Gasteiger partial charge in [0.05, 0.1) is 6.04 Å². The van der Waals surface area contributed by atoms with Gasteiger partial charge >= 0.3 is 6.18 Å². The van der Waals surface area contributed by atoms with Crippen LogP contribution in [0, 0.1) is 18.3 Å². The van der Waals surface area contributed by atoms with Gasteiger partial charge in [0, 0.05) is 25.0 Å². The van der Waals surface area contributed by atoms with Crippen molar-refractivity contribution in [1.82, 2.24) is 34.9 Å². The molecule has 174 valence electrons. The van der Waals surface area contributed by atoms with Crippen LogP contribution in [0.15, 0.2) is 27.5 Å². The van der Waals surface area contributed by atoms with E-state index < -0.39 is 23.5 Å². The van der Waals surface area contributed by atoms with E-state index in [0.717, 1.165) is 25.1 Å². The Balaban J connectivity index is 1.57. The van der Waals surface area contributed by atoms with Crippen LogP contribution in [-0.2, 0) is 6.18 Å². The molecular formula is C21H17F3N8O2. The Labute approximate surface area is 189 Å². The van der Waals surface area contributed by atoms with Crippen molar-refractivity contribution in [3.8, 4) is 6.07 Å². The molecule has 4 aromatic rings. The van der Waals surface area contributed by atoms with Gasteiger partial charge in [0.2, 0.25) is 11.8 Å². The molecule has 34 heavy (non-hydrogen) atoms. The maximum absolute atomic E-state index is 12.9. The summed E-state index contributed by atoms with van der Waals surface area (Å²) in [4.78, 5) is 23.8. The molecule has 5 rings (SSSR count). The van der Waals surface area contributed by atoms with Crippen LogP contribution in [0.2, 0.25) is 0 Å². The molecule has 13 heteroatoms. The van der Waals surface area contributed by atoms with Crippen molar-refractivity contribution < 1.29 is 17.6 Å². The van der Waals surface area contributed by atoms with Gasteiger partial charge < -0.3 is 9.40 Å². The number of aromatic amines is 1. The molecule has 1 N–H and O–H groups in total. The Morgan fingerprint density at radius 2 is 2.03 bits per heavy atom. The lowest BCUT2D eigenvalue weighted by Gasteiger charge is -2.32. The van der Waals surface area contributed by atoms with Crippen molar-refractivity contribution in [1.29, 1.82) is 5.26 Å². The van der Waals surface area contributed by atoms with Gasteiger partial charge in [0.15, 0.2) is 11.3 Å². The summed E-state index contributed by atoms with van der Waals surface area (Å²) in [7, 11) is 0. The minimum absolute atomic E-state index is 0.0162. The molecule has 0 bridgehead atoms. The standard InChI is InChI=1S/C21H17F3N8O2/c1-9(11-3-6-15(26-8-11)21(22,23)24)32-18-16(14(7-25)31-32)19(33)28-17(27-18)12-4-5-13(12)20-30-29-10(2)34-20/h3,6,8-9,12-13H,4-5H2,1-2H3,(H,27,28,33). The molecule has 1 aliphatic carbocycles. The summed E-state index contributed by atoms with van der Waals surface area (Å²) in [6, 6.07) is 3.41. The van der Waals surface area contributed by atoms with Crippen LogP contribution < -0.4 is 5.56 Å². The summed E-state index contributed by atoms with van der Waals surface area (Å²) < 4.78 is 45.5. The Kier molecular flexibility index (Phi) is 4.96. The lowest BCUT2D eigenvalue weighted by atomic mass is 9.73. The van der Waals surface area contributed by atoms with Crippen molar-refractivity contribution in [2.45, 2.75) is 50.7 Å². The van der Waals surface area contributed by atoms with E-state index in [4.69, 9.17) is 4.42 Å². The van der Waals surface area contributed by atoms with Crippen LogP contribution in [0.5, 0.6) is 0 Å². The molecule has 0 spiro atoms. The summed E-state index contributed by atoms with van der Waals surface area (Å²) in [5.41, 5.74) is -1.09. The van der Waals surface area contributed by atoms with E-state index in [-0.39, 0.29) is 28.6 Å². The minimum atomic E-state index is -4.56. The predicted octanol–water partition coefficient (Wildman–Crippen LogP) is 3.37. The average molecular weight is 470 g/mol. The molecule has 1 saturated carbocycles. The molecule has 0 aromatic carbocycles. The summed E-state index contributed by atoms with van der Waals surface area (Å²) >= 11 is 0. The lowest BCUT2D eigenvalue weighted by Crippen LogP contribution is -2.27. The molecule has 4 heterocycles. The fourth-order valence-corrected chi connectivity index (χ4v) is 4.13. The van der Waals surface area contributed by atoms with Gasteiger partial charge in [-0.15, -0.1) is 10.2 Å². The normalized spacial score (nSPS) is 19.1. The van der Waals surface area contributed by atoms with Gasteiger partial charge in [-0.2, -0.15) is 23.5 Å². The average Bonchev–Trinajstić information content (AvgIpc) is 3.35. The number of halogens is 3. The van der Waals surface area contributed by atoms with E-state index in [0.29, 0.717) is 23.2 Å². The van der Waals surface area contributed by atoms with Crippen LogP contribution in [0.3, 0.4) is 0 Å². The number of fused-ring (bicyclic) bond motifs is 1. The lowest BCUT2D eigenvalue weighted by molar-refractivity contribution is -0.141. The molecule has 0 aliphatic heterocycles. The SMILES string of the molecule is Cc1nnc(C2CCC2c2nc3c(c(C#N)nn3C(C)c3ccc(C(F)(F)F)nc3)c(=O)[nH]2)o1. The number of nitriles is 1. The molecule has 4 aromatic heterocycles. The first-order chi connectivity index (χ1) is 16.2. The number of hydrogen-bond acceptors (Lipinski definition) is 8. The third-order valence-electron chi connectivity index (χ3n) is 6.10. The molecule has 10 nitrogen and oxygen atoms in total. The van der Waals surface area contributed by atoms with Crippen LogP contribution in [-0.4, -0.2) is 34.9 Å². The number of alkyl halides is 3. The molecule has 0 saturated heterocycles. The molecule has 1 fully saturated rings. The second-order valence-electron chi connectivity index (χ2n) is 8.15. The summed E-state index contributed by atoms with van der Waals surface area (Å²) in [6.45, 7) is 3.36. The van der Waals surface area contributed by atoms with Crippen LogP contribution in [0.1, 0.15) is 72.2 Å². The van der Waals surface area contributed by atoms with Crippen molar-refractivity contribution in [2.75, 3.05) is 0 Å². The fourth-order valence-electron chi connectivity index (χ4n) is 4.13. The third-order valence-corrected chi connectivity index (χ3v) is 6.10. The van der Waals surface area contributed by atoms with Crippen LogP contribution in [0.4, 0.5) is 13.2 Å². The van der Waals surface area contributed by atoms with E-state index in [1.54, 1.807) is 13.8 Å². The number of nitrogens with one attached hydrogen (secondary N) is 1. The number of H-pyrrole nitrogens is 1. The third kappa shape index (κ3) is 3.51. The van der Waals surface area contributed by atoms with Crippen molar-refractivity contribution in [2.24, 2.45) is 0 Å². The molecule has 0 radical (unpaired) electrons.